The molecule has 1 aliphatic rings. The molecule has 3 rings (SSSR count). The summed E-state index contributed by atoms with van der Waals surface area (Å²) in [6, 6.07) is 14.3. The molecule has 24 heavy (non-hydrogen) atoms. The van der Waals surface area contributed by atoms with Gasteiger partial charge in [0.15, 0.2) is 0 Å². The highest BCUT2D eigenvalue weighted by molar-refractivity contribution is 7.88. The molecule has 1 aromatic heterocycles. The van der Waals surface area contributed by atoms with Gasteiger partial charge in [-0.2, -0.15) is 0 Å². The Morgan fingerprint density at radius 2 is 1.92 bits per heavy atom. The van der Waals surface area contributed by atoms with E-state index >= 15 is 0 Å². The van der Waals surface area contributed by atoms with Crippen molar-refractivity contribution >= 4 is 10.0 Å². The van der Waals surface area contributed by atoms with Crippen molar-refractivity contribution in [1.82, 2.24) is 14.6 Å². The first kappa shape index (κ1) is 17.1. The summed E-state index contributed by atoms with van der Waals surface area (Å²) >= 11 is 0. The van der Waals surface area contributed by atoms with E-state index in [0.717, 1.165) is 31.5 Å². The summed E-state index contributed by atoms with van der Waals surface area (Å²) in [6.07, 6.45) is 6.52. The second-order valence-corrected chi connectivity index (χ2v) is 8.15. The summed E-state index contributed by atoms with van der Waals surface area (Å²) in [5.74, 6) is 0. The van der Waals surface area contributed by atoms with Crippen LogP contribution in [0, 0.1) is 0 Å². The standard InChI is InChI=1S/C18H23N3O2S/c1-24(22,23)20-17-9-11-21(14-16-8-5-10-19-13-16)18(17)12-15-6-3-2-4-7-15/h2-8,10,13,17-18,20H,9,11-12,14H2,1H3/t17-,18+/m1/s1. The topological polar surface area (TPSA) is 62.3 Å². The van der Waals surface area contributed by atoms with Crippen LogP contribution in [0.25, 0.3) is 0 Å². The first-order valence-electron chi connectivity index (χ1n) is 8.15. The molecule has 1 saturated heterocycles. The number of sulfonamides is 1. The SMILES string of the molecule is CS(=O)(=O)N[C@@H]1CCN(Cc2cccnc2)[C@H]1Cc1ccccc1. The molecule has 0 spiro atoms. The molecule has 0 saturated carbocycles. The van der Waals surface area contributed by atoms with E-state index in [1.54, 1.807) is 6.20 Å². The molecule has 0 bridgehead atoms. The summed E-state index contributed by atoms with van der Waals surface area (Å²) in [7, 11) is -3.22. The third-order valence-electron chi connectivity index (χ3n) is 4.42. The molecule has 0 radical (unpaired) electrons. The summed E-state index contributed by atoms with van der Waals surface area (Å²) < 4.78 is 26.2. The monoisotopic (exact) mass is 345 g/mol. The summed E-state index contributed by atoms with van der Waals surface area (Å²) in [6.45, 7) is 1.66. The molecule has 2 atom stereocenters. The van der Waals surface area contributed by atoms with Crippen LogP contribution < -0.4 is 4.72 Å². The zero-order chi connectivity index (χ0) is 17.0. The Kier molecular flexibility index (Phi) is 5.28. The van der Waals surface area contributed by atoms with Crippen molar-refractivity contribution in [3.63, 3.8) is 0 Å². The van der Waals surface area contributed by atoms with Crippen molar-refractivity contribution in [2.75, 3.05) is 12.8 Å². The molecule has 2 heterocycles. The average Bonchev–Trinajstić information content (AvgIpc) is 2.90. The molecule has 2 aromatic rings. The number of nitrogens with zero attached hydrogens (tertiary/aromatic N) is 2. The number of benzene rings is 1. The minimum Gasteiger partial charge on any atom is -0.294 e. The lowest BCUT2D eigenvalue weighted by Gasteiger charge is -2.28. The minimum absolute atomic E-state index is 0.0584. The van der Waals surface area contributed by atoms with Crippen LogP contribution in [0.15, 0.2) is 54.9 Å². The molecule has 128 valence electrons. The quantitative estimate of drug-likeness (QED) is 0.867. The van der Waals surface area contributed by atoms with Gasteiger partial charge in [0.2, 0.25) is 10.0 Å². The van der Waals surface area contributed by atoms with Crippen molar-refractivity contribution in [2.45, 2.75) is 31.5 Å². The van der Waals surface area contributed by atoms with Gasteiger partial charge in [0.25, 0.3) is 0 Å². The fourth-order valence-corrected chi connectivity index (χ4v) is 4.20. The van der Waals surface area contributed by atoms with Crippen molar-refractivity contribution in [1.29, 1.82) is 0 Å². The van der Waals surface area contributed by atoms with Crippen molar-refractivity contribution in [2.24, 2.45) is 0 Å². The van der Waals surface area contributed by atoms with Gasteiger partial charge in [-0.1, -0.05) is 36.4 Å². The van der Waals surface area contributed by atoms with E-state index in [1.165, 1.54) is 11.8 Å². The highest BCUT2D eigenvalue weighted by Gasteiger charge is 2.35. The van der Waals surface area contributed by atoms with E-state index in [2.05, 4.69) is 32.8 Å². The van der Waals surface area contributed by atoms with Crippen LogP contribution in [0.2, 0.25) is 0 Å². The number of rotatable bonds is 6. The molecule has 5 nitrogen and oxygen atoms in total. The zero-order valence-electron chi connectivity index (χ0n) is 13.8. The number of likely N-dealkylation sites (tertiary alicyclic amines) is 1. The van der Waals surface area contributed by atoms with Gasteiger partial charge in [-0.3, -0.25) is 9.88 Å². The first-order valence-corrected chi connectivity index (χ1v) is 10.0. The second kappa shape index (κ2) is 7.42. The Hall–Kier alpha value is -1.76. The Bertz CT molecular complexity index is 750. The number of nitrogens with one attached hydrogen (secondary N) is 1. The zero-order valence-corrected chi connectivity index (χ0v) is 14.6. The summed E-state index contributed by atoms with van der Waals surface area (Å²) in [5.41, 5.74) is 2.37. The summed E-state index contributed by atoms with van der Waals surface area (Å²) in [5, 5.41) is 0. The normalized spacial score (nSPS) is 21.9. The van der Waals surface area contributed by atoms with E-state index < -0.39 is 10.0 Å². The lowest BCUT2D eigenvalue weighted by molar-refractivity contribution is 0.230. The Morgan fingerprint density at radius 1 is 1.17 bits per heavy atom. The molecule has 6 heteroatoms. The Morgan fingerprint density at radius 3 is 2.58 bits per heavy atom. The lowest BCUT2D eigenvalue weighted by atomic mass is 10.0. The molecule has 1 aromatic carbocycles. The van der Waals surface area contributed by atoms with Crippen LogP contribution >= 0.6 is 0 Å². The van der Waals surface area contributed by atoms with Gasteiger partial charge >= 0.3 is 0 Å². The van der Waals surface area contributed by atoms with Gasteiger partial charge in [-0.25, -0.2) is 13.1 Å². The predicted octanol–water partition coefficient (Wildman–Crippen LogP) is 1.82. The van der Waals surface area contributed by atoms with E-state index in [0.29, 0.717) is 0 Å². The van der Waals surface area contributed by atoms with Crippen LogP contribution in [-0.4, -0.2) is 43.2 Å². The third-order valence-corrected chi connectivity index (χ3v) is 5.15. The number of aromatic nitrogens is 1. The molecule has 0 amide bonds. The van der Waals surface area contributed by atoms with Crippen LogP contribution in [0.1, 0.15) is 17.5 Å². The number of pyridine rings is 1. The molecular formula is C18H23N3O2S. The van der Waals surface area contributed by atoms with Crippen molar-refractivity contribution in [3.8, 4) is 0 Å². The smallest absolute Gasteiger partial charge is 0.209 e. The molecule has 1 N–H and O–H groups in total. The average molecular weight is 345 g/mol. The van der Waals surface area contributed by atoms with E-state index in [4.69, 9.17) is 0 Å². The van der Waals surface area contributed by atoms with Crippen molar-refractivity contribution < 1.29 is 8.42 Å². The van der Waals surface area contributed by atoms with Gasteiger partial charge in [0, 0.05) is 37.6 Å². The minimum atomic E-state index is -3.22. The molecule has 0 unspecified atom stereocenters. The molecule has 1 aliphatic heterocycles. The largest absolute Gasteiger partial charge is 0.294 e. The molecular weight excluding hydrogens is 322 g/mol. The Balaban J connectivity index is 1.79. The van der Waals surface area contributed by atoms with Gasteiger partial charge in [-0.15, -0.1) is 0 Å². The van der Waals surface area contributed by atoms with E-state index in [9.17, 15) is 8.42 Å². The fraction of sp³-hybridized carbons (Fsp3) is 0.389. The molecule has 1 fully saturated rings. The number of hydrogen-bond donors (Lipinski definition) is 1. The van der Waals surface area contributed by atoms with Crippen LogP contribution in [-0.2, 0) is 23.0 Å². The van der Waals surface area contributed by atoms with Crippen LogP contribution in [0.5, 0.6) is 0 Å². The van der Waals surface area contributed by atoms with Crippen LogP contribution in [0.3, 0.4) is 0 Å². The van der Waals surface area contributed by atoms with Gasteiger partial charge < -0.3 is 0 Å². The number of hydrogen-bond acceptors (Lipinski definition) is 4. The maximum absolute atomic E-state index is 11.7. The van der Waals surface area contributed by atoms with Gasteiger partial charge in [0.1, 0.15) is 0 Å². The van der Waals surface area contributed by atoms with E-state index in [-0.39, 0.29) is 12.1 Å². The first-order chi connectivity index (χ1) is 11.5. The Labute approximate surface area is 143 Å². The third kappa shape index (κ3) is 4.63. The highest BCUT2D eigenvalue weighted by Crippen LogP contribution is 2.24. The lowest BCUT2D eigenvalue weighted by Crippen LogP contribution is -2.45. The maximum atomic E-state index is 11.7. The van der Waals surface area contributed by atoms with E-state index in [1.807, 2.05) is 30.5 Å². The van der Waals surface area contributed by atoms with Crippen LogP contribution in [0.4, 0.5) is 0 Å². The van der Waals surface area contributed by atoms with Crippen molar-refractivity contribution in [3.05, 3.63) is 66.0 Å². The maximum Gasteiger partial charge on any atom is 0.209 e. The predicted molar refractivity (Wildman–Crippen MR) is 95.0 cm³/mol. The molecule has 0 aliphatic carbocycles. The van der Waals surface area contributed by atoms with Gasteiger partial charge in [0.05, 0.1) is 6.26 Å². The summed E-state index contributed by atoms with van der Waals surface area (Å²) in [4.78, 5) is 6.53. The second-order valence-electron chi connectivity index (χ2n) is 6.37. The fourth-order valence-electron chi connectivity index (χ4n) is 3.38. The van der Waals surface area contributed by atoms with Gasteiger partial charge in [-0.05, 0) is 30.0 Å². The highest BCUT2D eigenvalue weighted by atomic mass is 32.2.